The summed E-state index contributed by atoms with van der Waals surface area (Å²) in [5, 5.41) is 2.80. The number of allylic oxidation sites excluding steroid dienone is 3. The maximum Gasteiger partial charge on any atom is 0.244 e. The van der Waals surface area contributed by atoms with Gasteiger partial charge in [-0.15, -0.1) is 0 Å². The first kappa shape index (κ1) is 12.7. The molecule has 1 amide bonds. The molecule has 0 spiro atoms. The normalized spacial score (nSPS) is 11.1. The lowest BCUT2D eigenvalue weighted by Gasteiger charge is -2.02. The quantitative estimate of drug-likeness (QED) is 0.666. The molecule has 0 radical (unpaired) electrons. The van der Waals surface area contributed by atoms with E-state index >= 15 is 0 Å². The zero-order valence-electron chi connectivity index (χ0n) is 9.11. The molecule has 0 fully saturated rings. The Morgan fingerprint density at radius 2 is 2.00 bits per heavy atom. The molecule has 0 saturated heterocycles. The van der Waals surface area contributed by atoms with Crippen molar-refractivity contribution in [2.45, 2.75) is 13.5 Å². The maximum atomic E-state index is 11.3. The Kier molecular flexibility index (Phi) is 5.57. The van der Waals surface area contributed by atoms with Crippen molar-refractivity contribution in [3.63, 3.8) is 0 Å². The van der Waals surface area contributed by atoms with Crippen LogP contribution in [-0.4, -0.2) is 5.91 Å². The van der Waals surface area contributed by atoms with Crippen LogP contribution in [0.15, 0.2) is 53.0 Å². The third kappa shape index (κ3) is 4.94. The number of amides is 1. The van der Waals surface area contributed by atoms with E-state index in [1.165, 1.54) is 6.08 Å². The molecular formula is C13H14BrNO. The molecule has 1 N–H and O–H groups in total. The molecule has 16 heavy (non-hydrogen) atoms. The molecule has 3 heteroatoms. The topological polar surface area (TPSA) is 29.1 Å². The van der Waals surface area contributed by atoms with Gasteiger partial charge in [0.25, 0.3) is 0 Å². The first-order chi connectivity index (χ1) is 7.72. The van der Waals surface area contributed by atoms with Crippen molar-refractivity contribution in [1.82, 2.24) is 5.32 Å². The molecule has 1 aromatic carbocycles. The second-order valence-electron chi connectivity index (χ2n) is 3.23. The predicted octanol–water partition coefficient (Wildman–Crippen LogP) is 3.20. The van der Waals surface area contributed by atoms with Crippen molar-refractivity contribution < 1.29 is 4.79 Å². The molecule has 84 valence electrons. The van der Waals surface area contributed by atoms with Gasteiger partial charge in [-0.05, 0) is 24.6 Å². The third-order valence-corrected chi connectivity index (χ3v) is 2.46. The van der Waals surface area contributed by atoms with E-state index in [1.807, 2.05) is 43.3 Å². The molecule has 0 unspecified atom stereocenters. The van der Waals surface area contributed by atoms with Crippen LogP contribution in [0.2, 0.25) is 0 Å². The average Bonchev–Trinajstić information content (AvgIpc) is 2.29. The smallest absolute Gasteiger partial charge is 0.244 e. The minimum absolute atomic E-state index is 0.0824. The summed E-state index contributed by atoms with van der Waals surface area (Å²) in [6, 6.07) is 7.86. The van der Waals surface area contributed by atoms with E-state index in [2.05, 4.69) is 21.2 Å². The van der Waals surface area contributed by atoms with Crippen LogP contribution in [0.25, 0.3) is 0 Å². The number of hydrogen-bond donors (Lipinski definition) is 1. The molecule has 0 atom stereocenters. The monoisotopic (exact) mass is 279 g/mol. The number of hydrogen-bond acceptors (Lipinski definition) is 1. The first-order valence-electron chi connectivity index (χ1n) is 5.04. The predicted molar refractivity (Wildman–Crippen MR) is 69.9 cm³/mol. The second kappa shape index (κ2) is 7.01. The number of halogens is 1. The molecule has 0 aliphatic carbocycles. The van der Waals surface area contributed by atoms with Crippen molar-refractivity contribution in [3.8, 4) is 0 Å². The molecule has 0 aromatic heterocycles. The summed E-state index contributed by atoms with van der Waals surface area (Å²) >= 11 is 3.36. The fourth-order valence-corrected chi connectivity index (χ4v) is 1.37. The van der Waals surface area contributed by atoms with Gasteiger partial charge < -0.3 is 5.32 Å². The van der Waals surface area contributed by atoms with E-state index in [1.54, 1.807) is 6.08 Å². The number of carbonyl (C=O) groups is 1. The van der Waals surface area contributed by atoms with Gasteiger partial charge in [0.15, 0.2) is 0 Å². The van der Waals surface area contributed by atoms with Crippen molar-refractivity contribution in [2.24, 2.45) is 0 Å². The highest BCUT2D eigenvalue weighted by molar-refractivity contribution is 9.10. The van der Waals surface area contributed by atoms with Gasteiger partial charge in [0.1, 0.15) is 0 Å². The third-order valence-electron chi connectivity index (χ3n) is 1.93. The van der Waals surface area contributed by atoms with Gasteiger partial charge in [-0.3, -0.25) is 4.79 Å². The van der Waals surface area contributed by atoms with Gasteiger partial charge in [-0.25, -0.2) is 0 Å². The lowest BCUT2D eigenvalue weighted by Crippen LogP contribution is -2.20. The van der Waals surface area contributed by atoms with E-state index in [9.17, 15) is 4.79 Å². The van der Waals surface area contributed by atoms with Crippen LogP contribution in [0.4, 0.5) is 0 Å². The van der Waals surface area contributed by atoms with E-state index in [4.69, 9.17) is 0 Å². The molecule has 0 aliphatic rings. The molecule has 0 bridgehead atoms. The Labute approximate surface area is 104 Å². The first-order valence-corrected chi connectivity index (χ1v) is 5.83. The lowest BCUT2D eigenvalue weighted by atomic mass is 10.2. The highest BCUT2D eigenvalue weighted by atomic mass is 79.9. The minimum Gasteiger partial charge on any atom is -0.348 e. The van der Waals surface area contributed by atoms with Gasteiger partial charge in [-0.1, -0.05) is 46.3 Å². The van der Waals surface area contributed by atoms with E-state index in [-0.39, 0.29) is 5.91 Å². The zero-order valence-corrected chi connectivity index (χ0v) is 10.7. The average molecular weight is 280 g/mol. The Bertz CT molecular complexity index is 393. The van der Waals surface area contributed by atoms with Crippen LogP contribution in [0.1, 0.15) is 12.5 Å². The summed E-state index contributed by atoms with van der Waals surface area (Å²) in [7, 11) is 0. The van der Waals surface area contributed by atoms with Crippen LogP contribution < -0.4 is 5.32 Å². The van der Waals surface area contributed by atoms with Crippen molar-refractivity contribution in [3.05, 3.63) is 58.6 Å². The zero-order chi connectivity index (χ0) is 11.8. The largest absolute Gasteiger partial charge is 0.348 e. The summed E-state index contributed by atoms with van der Waals surface area (Å²) in [5.41, 5.74) is 1.08. The van der Waals surface area contributed by atoms with Gasteiger partial charge >= 0.3 is 0 Å². The highest BCUT2D eigenvalue weighted by Gasteiger charge is 1.95. The Morgan fingerprint density at radius 1 is 1.31 bits per heavy atom. The molecule has 1 aromatic rings. The molecule has 0 saturated carbocycles. The summed E-state index contributed by atoms with van der Waals surface area (Å²) < 4.78 is 1.04. The van der Waals surface area contributed by atoms with Gasteiger partial charge in [-0.2, -0.15) is 0 Å². The fourth-order valence-electron chi connectivity index (χ4n) is 1.10. The summed E-state index contributed by atoms with van der Waals surface area (Å²) in [5.74, 6) is -0.0824. The number of benzene rings is 1. The van der Waals surface area contributed by atoms with Crippen molar-refractivity contribution in [1.29, 1.82) is 0 Å². The Hall–Kier alpha value is -1.35. The molecule has 0 heterocycles. The standard InChI is InChI=1S/C13H14BrNO/c1-2-3-4-5-13(16)15-10-11-6-8-12(14)9-7-11/h2-9H,10H2,1H3,(H,15,16)/b3-2+,5-4+. The Morgan fingerprint density at radius 3 is 2.62 bits per heavy atom. The summed E-state index contributed by atoms with van der Waals surface area (Å²) in [4.78, 5) is 11.3. The van der Waals surface area contributed by atoms with Crippen LogP contribution in [-0.2, 0) is 11.3 Å². The van der Waals surface area contributed by atoms with Crippen molar-refractivity contribution >= 4 is 21.8 Å². The molecule has 2 nitrogen and oxygen atoms in total. The van der Waals surface area contributed by atoms with Gasteiger partial charge in [0.05, 0.1) is 0 Å². The molecule has 1 rings (SSSR count). The van der Waals surface area contributed by atoms with Crippen LogP contribution in [0.3, 0.4) is 0 Å². The van der Waals surface area contributed by atoms with Crippen LogP contribution in [0.5, 0.6) is 0 Å². The van der Waals surface area contributed by atoms with E-state index in [0.717, 1.165) is 10.0 Å². The van der Waals surface area contributed by atoms with E-state index in [0.29, 0.717) is 6.54 Å². The molecular weight excluding hydrogens is 266 g/mol. The SMILES string of the molecule is C/C=C/C=C/C(=O)NCc1ccc(Br)cc1. The maximum absolute atomic E-state index is 11.3. The fraction of sp³-hybridized carbons (Fsp3) is 0.154. The minimum atomic E-state index is -0.0824. The Balaban J connectivity index is 2.40. The summed E-state index contributed by atoms with van der Waals surface area (Å²) in [6.45, 7) is 2.45. The lowest BCUT2D eigenvalue weighted by molar-refractivity contribution is -0.116. The second-order valence-corrected chi connectivity index (χ2v) is 4.14. The number of nitrogens with one attached hydrogen (secondary N) is 1. The summed E-state index contributed by atoms with van der Waals surface area (Å²) in [6.07, 6.45) is 6.92. The van der Waals surface area contributed by atoms with Gasteiger partial charge in [0, 0.05) is 17.1 Å². The van der Waals surface area contributed by atoms with Crippen LogP contribution in [0, 0.1) is 0 Å². The number of rotatable bonds is 4. The number of carbonyl (C=O) groups excluding carboxylic acids is 1. The van der Waals surface area contributed by atoms with Crippen molar-refractivity contribution in [2.75, 3.05) is 0 Å². The van der Waals surface area contributed by atoms with Gasteiger partial charge in [0.2, 0.25) is 5.91 Å². The van der Waals surface area contributed by atoms with E-state index < -0.39 is 0 Å². The molecule has 0 aliphatic heterocycles. The highest BCUT2D eigenvalue weighted by Crippen LogP contribution is 2.10. The van der Waals surface area contributed by atoms with Crippen LogP contribution >= 0.6 is 15.9 Å².